The number of amides is 1. The molecule has 1 rings (SSSR count). The number of halogens is 1. The van der Waals surface area contributed by atoms with E-state index >= 15 is 0 Å². The zero-order valence-electron chi connectivity index (χ0n) is 9.85. The van der Waals surface area contributed by atoms with Gasteiger partial charge in [0.05, 0.1) is 5.69 Å². The summed E-state index contributed by atoms with van der Waals surface area (Å²) < 4.78 is 0.961. The lowest BCUT2D eigenvalue weighted by Crippen LogP contribution is -2.09. The Morgan fingerprint density at radius 3 is 2.69 bits per heavy atom. The van der Waals surface area contributed by atoms with Gasteiger partial charge in [0.2, 0.25) is 5.91 Å². The van der Waals surface area contributed by atoms with E-state index in [1.807, 2.05) is 13.0 Å². The van der Waals surface area contributed by atoms with Gasteiger partial charge in [-0.1, -0.05) is 26.3 Å². The molecule has 0 saturated heterocycles. The average Bonchev–Trinajstić information content (AvgIpc) is 2.29. The normalized spacial score (nSPS) is 10.2. The first-order valence-electron chi connectivity index (χ1n) is 5.75. The highest BCUT2D eigenvalue weighted by Gasteiger charge is 2.04. The van der Waals surface area contributed by atoms with Gasteiger partial charge in [-0.25, -0.2) is 0 Å². The van der Waals surface area contributed by atoms with Gasteiger partial charge in [-0.15, -0.1) is 0 Å². The van der Waals surface area contributed by atoms with Crippen LogP contribution in [0.15, 0.2) is 22.7 Å². The molecule has 0 fully saturated rings. The van der Waals surface area contributed by atoms with E-state index in [0.717, 1.165) is 16.6 Å². The fraction of sp³-hybridized carbons (Fsp3) is 0.462. The van der Waals surface area contributed by atoms with Gasteiger partial charge >= 0.3 is 0 Å². The molecule has 2 nitrogen and oxygen atoms in total. The van der Waals surface area contributed by atoms with Gasteiger partial charge < -0.3 is 5.32 Å². The lowest BCUT2D eigenvalue weighted by molar-refractivity contribution is -0.115. The third kappa shape index (κ3) is 3.97. The van der Waals surface area contributed by atoms with Crippen molar-refractivity contribution in [3.8, 4) is 0 Å². The van der Waals surface area contributed by atoms with Gasteiger partial charge in [0, 0.05) is 10.9 Å². The summed E-state index contributed by atoms with van der Waals surface area (Å²) in [5.41, 5.74) is 2.16. The molecule has 1 amide bonds. The van der Waals surface area contributed by atoms with Crippen molar-refractivity contribution in [2.75, 3.05) is 5.32 Å². The number of hydrogen-bond acceptors (Lipinski definition) is 1. The first-order chi connectivity index (χ1) is 7.67. The average molecular weight is 284 g/mol. The second kappa shape index (κ2) is 6.69. The fourth-order valence-electron chi connectivity index (χ4n) is 1.43. The molecule has 0 unspecified atom stereocenters. The van der Waals surface area contributed by atoms with E-state index in [0.29, 0.717) is 6.42 Å². The largest absolute Gasteiger partial charge is 0.325 e. The minimum Gasteiger partial charge on any atom is -0.325 e. The monoisotopic (exact) mass is 283 g/mol. The number of nitrogens with one attached hydrogen (secondary N) is 1. The summed E-state index contributed by atoms with van der Waals surface area (Å²) in [7, 11) is 0. The minimum atomic E-state index is 0.0435. The van der Waals surface area contributed by atoms with E-state index in [-0.39, 0.29) is 5.91 Å². The lowest BCUT2D eigenvalue weighted by atomic mass is 10.1. The zero-order chi connectivity index (χ0) is 12.0. The molecule has 0 spiro atoms. The van der Waals surface area contributed by atoms with Crippen molar-refractivity contribution in [1.29, 1.82) is 0 Å². The van der Waals surface area contributed by atoms with E-state index < -0.39 is 0 Å². The molecule has 0 heterocycles. The number of benzene rings is 1. The van der Waals surface area contributed by atoms with Crippen LogP contribution in [0.1, 0.15) is 38.7 Å². The molecule has 0 aliphatic rings. The van der Waals surface area contributed by atoms with Crippen LogP contribution < -0.4 is 5.32 Å². The Bertz CT molecular complexity index is 363. The first kappa shape index (κ1) is 13.2. The van der Waals surface area contributed by atoms with Crippen molar-refractivity contribution in [2.45, 2.75) is 39.5 Å². The Balaban J connectivity index is 2.71. The maximum atomic E-state index is 11.3. The number of aryl methyl sites for hydroxylation is 1. The summed E-state index contributed by atoms with van der Waals surface area (Å²) >= 11 is 3.48. The minimum absolute atomic E-state index is 0.0435. The lowest BCUT2D eigenvalue weighted by Gasteiger charge is -2.08. The van der Waals surface area contributed by atoms with E-state index in [1.54, 1.807) is 0 Å². The summed E-state index contributed by atoms with van der Waals surface area (Å²) in [6.07, 6.45) is 4.00. The van der Waals surface area contributed by atoms with Crippen LogP contribution in [0, 0.1) is 0 Å². The molecule has 3 heteroatoms. The molecule has 88 valence electrons. The van der Waals surface area contributed by atoms with Gasteiger partial charge in [0.15, 0.2) is 0 Å². The van der Waals surface area contributed by atoms with Crippen molar-refractivity contribution >= 4 is 27.5 Å². The van der Waals surface area contributed by atoms with E-state index in [4.69, 9.17) is 0 Å². The van der Waals surface area contributed by atoms with Crippen LogP contribution >= 0.6 is 15.9 Å². The summed E-state index contributed by atoms with van der Waals surface area (Å²) in [6.45, 7) is 4.03. The van der Waals surface area contributed by atoms with Crippen molar-refractivity contribution in [1.82, 2.24) is 0 Å². The van der Waals surface area contributed by atoms with Crippen LogP contribution in [-0.2, 0) is 11.2 Å². The number of hydrogen-bond donors (Lipinski definition) is 1. The molecule has 1 N–H and O–H groups in total. The highest BCUT2D eigenvalue weighted by molar-refractivity contribution is 9.10. The summed E-state index contributed by atoms with van der Waals surface area (Å²) in [5.74, 6) is 0.0435. The maximum absolute atomic E-state index is 11.3. The second-order valence-corrected chi connectivity index (χ2v) is 4.67. The van der Waals surface area contributed by atoms with Crippen LogP contribution in [0.5, 0.6) is 0 Å². The van der Waals surface area contributed by atoms with Gasteiger partial charge in [0.25, 0.3) is 0 Å². The van der Waals surface area contributed by atoms with Crippen molar-refractivity contribution in [3.63, 3.8) is 0 Å². The Morgan fingerprint density at radius 1 is 1.38 bits per heavy atom. The molecule has 1 aromatic rings. The highest BCUT2D eigenvalue weighted by atomic mass is 79.9. The first-order valence-corrected chi connectivity index (χ1v) is 6.55. The smallest absolute Gasteiger partial charge is 0.224 e. The topological polar surface area (TPSA) is 29.1 Å². The predicted molar refractivity (Wildman–Crippen MR) is 71.7 cm³/mol. The maximum Gasteiger partial charge on any atom is 0.224 e. The molecule has 16 heavy (non-hydrogen) atoms. The predicted octanol–water partition coefficient (Wildman–Crippen LogP) is 4.14. The molecule has 0 aliphatic carbocycles. The number of anilines is 1. The Kier molecular flexibility index (Phi) is 5.53. The molecule has 0 aromatic heterocycles. The second-order valence-electron chi connectivity index (χ2n) is 3.82. The third-order valence-electron chi connectivity index (χ3n) is 2.45. The Labute approximate surface area is 106 Å². The summed E-state index contributed by atoms with van der Waals surface area (Å²) in [4.78, 5) is 11.3. The van der Waals surface area contributed by atoms with Crippen LogP contribution in [0.4, 0.5) is 5.69 Å². The summed E-state index contributed by atoms with van der Waals surface area (Å²) in [5, 5.41) is 2.86. The quantitative estimate of drug-likeness (QED) is 0.865. The van der Waals surface area contributed by atoms with Crippen molar-refractivity contribution in [2.24, 2.45) is 0 Å². The standard InChI is InChI=1S/C13H18BrNO/c1-3-5-6-10-7-8-12(11(14)9-10)15-13(16)4-2/h7-9H,3-6H2,1-2H3,(H,15,16). The molecule has 0 saturated carbocycles. The molecule has 0 atom stereocenters. The fourth-order valence-corrected chi connectivity index (χ4v) is 1.96. The summed E-state index contributed by atoms with van der Waals surface area (Å²) in [6, 6.07) is 6.12. The van der Waals surface area contributed by atoms with Crippen LogP contribution in [0.25, 0.3) is 0 Å². The molecular formula is C13H18BrNO. The highest BCUT2D eigenvalue weighted by Crippen LogP contribution is 2.24. The number of unbranched alkanes of at least 4 members (excludes halogenated alkanes) is 1. The molecular weight excluding hydrogens is 266 g/mol. The Morgan fingerprint density at radius 2 is 2.12 bits per heavy atom. The van der Waals surface area contributed by atoms with Gasteiger partial charge in [0.1, 0.15) is 0 Å². The molecule has 1 aromatic carbocycles. The Hall–Kier alpha value is -0.830. The zero-order valence-corrected chi connectivity index (χ0v) is 11.4. The van der Waals surface area contributed by atoms with Crippen LogP contribution in [0.3, 0.4) is 0 Å². The van der Waals surface area contributed by atoms with Crippen LogP contribution in [-0.4, -0.2) is 5.91 Å². The van der Waals surface area contributed by atoms with E-state index in [1.165, 1.54) is 18.4 Å². The van der Waals surface area contributed by atoms with Crippen LogP contribution in [0.2, 0.25) is 0 Å². The number of carbonyl (C=O) groups is 1. The number of rotatable bonds is 5. The molecule has 0 aliphatic heterocycles. The van der Waals surface area contributed by atoms with Gasteiger partial charge in [-0.05, 0) is 46.5 Å². The van der Waals surface area contributed by atoms with Gasteiger partial charge in [-0.3, -0.25) is 4.79 Å². The van der Waals surface area contributed by atoms with Crippen molar-refractivity contribution < 1.29 is 4.79 Å². The molecule has 0 bridgehead atoms. The van der Waals surface area contributed by atoms with E-state index in [9.17, 15) is 4.79 Å². The molecule has 0 radical (unpaired) electrons. The van der Waals surface area contributed by atoms with E-state index in [2.05, 4.69) is 40.3 Å². The van der Waals surface area contributed by atoms with Crippen molar-refractivity contribution in [3.05, 3.63) is 28.2 Å². The SMILES string of the molecule is CCCCc1ccc(NC(=O)CC)c(Br)c1. The third-order valence-corrected chi connectivity index (χ3v) is 3.10. The number of carbonyl (C=O) groups excluding carboxylic acids is 1. The van der Waals surface area contributed by atoms with Gasteiger partial charge in [-0.2, -0.15) is 0 Å².